The Morgan fingerprint density at radius 3 is 2.75 bits per heavy atom. The highest BCUT2D eigenvalue weighted by atomic mass is 127. The summed E-state index contributed by atoms with van der Waals surface area (Å²) < 4.78 is 15.9. The Balaban J connectivity index is 2.51. The molecule has 1 atom stereocenters. The Bertz CT molecular complexity index is 621. The van der Waals surface area contributed by atoms with E-state index in [0.29, 0.717) is 15.1 Å². The van der Waals surface area contributed by atoms with Crippen LogP contribution in [0.4, 0.5) is 4.39 Å². The van der Waals surface area contributed by atoms with Crippen LogP contribution in [-0.4, -0.2) is 6.54 Å². The maximum absolute atomic E-state index is 14.3. The van der Waals surface area contributed by atoms with E-state index in [2.05, 4.69) is 43.8 Å². The standard InChI is InChI=1S/C15H13BrClFIN/c1-2-20-15(9-4-3-5-10(19)6-9)11-7-13(17)12(16)8-14(11)18/h3-8,15,20H,2H2,1H3. The van der Waals surface area contributed by atoms with Gasteiger partial charge >= 0.3 is 0 Å². The second-order valence-electron chi connectivity index (χ2n) is 4.33. The Labute approximate surface area is 145 Å². The summed E-state index contributed by atoms with van der Waals surface area (Å²) >= 11 is 11.6. The van der Waals surface area contributed by atoms with Crippen LogP contribution < -0.4 is 5.32 Å². The minimum atomic E-state index is -0.272. The number of benzene rings is 2. The van der Waals surface area contributed by atoms with Gasteiger partial charge in [0.2, 0.25) is 0 Å². The Hall–Kier alpha value is -0.170. The van der Waals surface area contributed by atoms with Crippen LogP contribution >= 0.6 is 50.1 Å². The number of nitrogens with one attached hydrogen (secondary N) is 1. The van der Waals surface area contributed by atoms with Gasteiger partial charge in [0.05, 0.1) is 11.1 Å². The summed E-state index contributed by atoms with van der Waals surface area (Å²) in [6.07, 6.45) is 0. The van der Waals surface area contributed by atoms with Gasteiger partial charge in [-0.25, -0.2) is 4.39 Å². The molecule has 2 aromatic rings. The van der Waals surface area contributed by atoms with Gasteiger partial charge in [0, 0.05) is 13.6 Å². The van der Waals surface area contributed by atoms with Crippen LogP contribution in [-0.2, 0) is 0 Å². The first-order valence-corrected chi connectivity index (χ1v) is 8.41. The van der Waals surface area contributed by atoms with E-state index in [0.717, 1.165) is 15.7 Å². The van der Waals surface area contributed by atoms with Crippen LogP contribution in [0.1, 0.15) is 24.1 Å². The number of hydrogen-bond donors (Lipinski definition) is 1. The van der Waals surface area contributed by atoms with Gasteiger partial charge in [0.1, 0.15) is 5.82 Å². The minimum Gasteiger partial charge on any atom is -0.306 e. The Kier molecular flexibility index (Phi) is 5.84. The van der Waals surface area contributed by atoms with E-state index >= 15 is 0 Å². The molecular weight excluding hydrogens is 455 g/mol. The predicted molar refractivity (Wildman–Crippen MR) is 93.8 cm³/mol. The van der Waals surface area contributed by atoms with Gasteiger partial charge in [-0.05, 0) is 74.9 Å². The van der Waals surface area contributed by atoms with E-state index in [9.17, 15) is 4.39 Å². The summed E-state index contributed by atoms with van der Waals surface area (Å²) in [7, 11) is 0. The maximum Gasteiger partial charge on any atom is 0.129 e. The highest BCUT2D eigenvalue weighted by Gasteiger charge is 2.19. The first-order valence-electron chi connectivity index (χ1n) is 6.16. The van der Waals surface area contributed by atoms with Gasteiger partial charge in [-0.1, -0.05) is 30.7 Å². The molecule has 5 heteroatoms. The molecule has 0 aliphatic heterocycles. The number of rotatable bonds is 4. The first-order chi connectivity index (χ1) is 9.52. The number of halogens is 4. The topological polar surface area (TPSA) is 12.0 Å². The highest BCUT2D eigenvalue weighted by molar-refractivity contribution is 14.1. The van der Waals surface area contributed by atoms with Gasteiger partial charge in [-0.15, -0.1) is 0 Å². The zero-order chi connectivity index (χ0) is 14.7. The molecule has 0 bridgehead atoms. The van der Waals surface area contributed by atoms with Crippen LogP contribution in [0.25, 0.3) is 0 Å². The quantitative estimate of drug-likeness (QED) is 0.459. The molecule has 0 heterocycles. The van der Waals surface area contributed by atoms with Crippen LogP contribution in [0.3, 0.4) is 0 Å². The first kappa shape index (κ1) is 16.2. The summed E-state index contributed by atoms with van der Waals surface area (Å²) in [5.41, 5.74) is 1.58. The molecule has 1 nitrogen and oxygen atoms in total. The Morgan fingerprint density at radius 2 is 2.10 bits per heavy atom. The SMILES string of the molecule is CCNC(c1cccc(I)c1)c1cc(Cl)c(Br)cc1F. The van der Waals surface area contributed by atoms with Gasteiger partial charge in [-0.3, -0.25) is 0 Å². The van der Waals surface area contributed by atoms with Gasteiger partial charge < -0.3 is 5.32 Å². The normalized spacial score (nSPS) is 12.4. The molecule has 0 aliphatic carbocycles. The molecule has 2 aromatic carbocycles. The molecule has 0 radical (unpaired) electrons. The van der Waals surface area contributed by atoms with Crippen molar-refractivity contribution in [3.63, 3.8) is 0 Å². The fraction of sp³-hybridized carbons (Fsp3) is 0.200. The summed E-state index contributed by atoms with van der Waals surface area (Å²) in [6, 6.07) is 10.9. The van der Waals surface area contributed by atoms with Crippen LogP contribution in [0.2, 0.25) is 5.02 Å². The largest absolute Gasteiger partial charge is 0.306 e. The van der Waals surface area contributed by atoms with Crippen LogP contribution in [0.5, 0.6) is 0 Å². The lowest BCUT2D eigenvalue weighted by molar-refractivity contribution is 0.558. The van der Waals surface area contributed by atoms with E-state index in [1.54, 1.807) is 6.07 Å². The summed E-state index contributed by atoms with van der Waals surface area (Å²) in [4.78, 5) is 0. The molecule has 1 N–H and O–H groups in total. The van der Waals surface area contributed by atoms with Crippen LogP contribution in [0, 0.1) is 9.39 Å². The van der Waals surface area contributed by atoms with E-state index in [1.807, 2.05) is 31.2 Å². The summed E-state index contributed by atoms with van der Waals surface area (Å²) in [6.45, 7) is 2.74. The summed E-state index contributed by atoms with van der Waals surface area (Å²) in [5.74, 6) is -0.272. The molecule has 0 aromatic heterocycles. The van der Waals surface area contributed by atoms with Crippen LogP contribution in [0.15, 0.2) is 40.9 Å². The number of hydrogen-bond acceptors (Lipinski definition) is 1. The van der Waals surface area contributed by atoms with Crippen molar-refractivity contribution in [1.29, 1.82) is 0 Å². The summed E-state index contributed by atoms with van der Waals surface area (Å²) in [5, 5.41) is 3.82. The van der Waals surface area contributed by atoms with E-state index in [4.69, 9.17) is 11.6 Å². The smallest absolute Gasteiger partial charge is 0.129 e. The van der Waals surface area contributed by atoms with Crippen molar-refractivity contribution in [1.82, 2.24) is 5.32 Å². The molecule has 1 unspecified atom stereocenters. The molecule has 0 fully saturated rings. The molecule has 0 aliphatic rings. The fourth-order valence-corrected chi connectivity index (χ4v) is 3.11. The molecule has 0 amide bonds. The second kappa shape index (κ2) is 7.20. The molecule has 2 rings (SSSR count). The van der Waals surface area contributed by atoms with Crippen molar-refractivity contribution >= 4 is 50.1 Å². The van der Waals surface area contributed by atoms with Crippen molar-refractivity contribution in [3.05, 3.63) is 66.4 Å². The molecule has 0 saturated carbocycles. The van der Waals surface area contributed by atoms with Gasteiger partial charge in [0.15, 0.2) is 0 Å². The third kappa shape index (κ3) is 3.72. The lowest BCUT2D eigenvalue weighted by Gasteiger charge is -2.20. The molecule has 0 spiro atoms. The third-order valence-corrected chi connectivity index (χ3v) is 4.81. The lowest BCUT2D eigenvalue weighted by atomic mass is 9.98. The van der Waals surface area contributed by atoms with E-state index in [1.165, 1.54) is 6.07 Å². The van der Waals surface area contributed by atoms with Crippen molar-refractivity contribution in [2.75, 3.05) is 6.54 Å². The zero-order valence-corrected chi connectivity index (χ0v) is 15.3. The van der Waals surface area contributed by atoms with Crippen molar-refractivity contribution < 1.29 is 4.39 Å². The molecule has 106 valence electrons. The maximum atomic E-state index is 14.3. The monoisotopic (exact) mass is 467 g/mol. The van der Waals surface area contributed by atoms with Gasteiger partial charge in [0.25, 0.3) is 0 Å². The van der Waals surface area contributed by atoms with E-state index in [-0.39, 0.29) is 11.9 Å². The minimum absolute atomic E-state index is 0.208. The molecule has 0 saturated heterocycles. The van der Waals surface area contributed by atoms with Crippen molar-refractivity contribution in [2.45, 2.75) is 13.0 Å². The predicted octanol–water partition coefficient (Wildman–Crippen LogP) is 5.55. The average Bonchev–Trinajstić information content (AvgIpc) is 2.40. The van der Waals surface area contributed by atoms with Crippen molar-refractivity contribution in [2.24, 2.45) is 0 Å². The molecular formula is C15H13BrClFIN. The second-order valence-corrected chi connectivity index (χ2v) is 6.84. The Morgan fingerprint density at radius 1 is 1.35 bits per heavy atom. The fourth-order valence-electron chi connectivity index (χ4n) is 2.06. The molecule has 20 heavy (non-hydrogen) atoms. The zero-order valence-electron chi connectivity index (χ0n) is 10.8. The highest BCUT2D eigenvalue weighted by Crippen LogP contribution is 2.32. The van der Waals surface area contributed by atoms with Gasteiger partial charge in [-0.2, -0.15) is 0 Å². The van der Waals surface area contributed by atoms with Crippen molar-refractivity contribution in [3.8, 4) is 0 Å². The average molecular weight is 469 g/mol. The third-order valence-electron chi connectivity index (χ3n) is 2.94. The van der Waals surface area contributed by atoms with E-state index < -0.39 is 0 Å². The lowest BCUT2D eigenvalue weighted by Crippen LogP contribution is -2.23.